The average molecular weight is 342 g/mol. The van der Waals surface area contributed by atoms with Gasteiger partial charge in [-0.05, 0) is 31.7 Å². The van der Waals surface area contributed by atoms with Crippen LogP contribution >= 0.6 is 11.6 Å². The molecular weight excluding hydrogens is 321 g/mol. The summed E-state index contributed by atoms with van der Waals surface area (Å²) in [7, 11) is 1.98. The third-order valence-electron chi connectivity index (χ3n) is 4.36. The predicted octanol–water partition coefficient (Wildman–Crippen LogP) is 1.50. The van der Waals surface area contributed by atoms with Crippen LogP contribution in [0.4, 0.5) is 10.1 Å². The zero-order valence-corrected chi connectivity index (χ0v) is 13.9. The van der Waals surface area contributed by atoms with Crippen LogP contribution in [0, 0.1) is 5.82 Å². The molecule has 2 aliphatic rings. The molecule has 2 aliphatic heterocycles. The zero-order chi connectivity index (χ0) is 16.4. The second-order valence-corrected chi connectivity index (χ2v) is 6.57. The van der Waals surface area contributed by atoms with Crippen LogP contribution in [0.2, 0.25) is 5.02 Å². The van der Waals surface area contributed by atoms with Gasteiger partial charge in [0.1, 0.15) is 11.9 Å². The maximum atomic E-state index is 13.2. The molecule has 0 spiro atoms. The van der Waals surface area contributed by atoms with Gasteiger partial charge in [-0.1, -0.05) is 11.6 Å². The van der Waals surface area contributed by atoms with Crippen molar-refractivity contribution in [1.29, 1.82) is 0 Å². The fourth-order valence-electron chi connectivity index (χ4n) is 3.02. The topological polar surface area (TPSA) is 44.8 Å². The van der Waals surface area contributed by atoms with Crippen molar-refractivity contribution in [2.75, 3.05) is 44.7 Å². The second kappa shape index (κ2) is 7.03. The minimum atomic E-state index is -0.418. The van der Waals surface area contributed by atoms with Gasteiger partial charge in [0.15, 0.2) is 0 Å². The number of hydrogen-bond acceptors (Lipinski definition) is 4. The van der Waals surface area contributed by atoms with Crippen molar-refractivity contribution in [3.63, 3.8) is 0 Å². The molecule has 0 saturated carbocycles. The van der Waals surface area contributed by atoms with Crippen LogP contribution in [-0.2, 0) is 9.53 Å². The standard InChI is InChI=1S/C16H21ClFN3O2/c1-20-6-7-23-15(10-20)16(22)19-11-4-5-21(9-11)12-2-3-14(18)13(17)8-12/h2-3,8,11,15H,4-7,9-10H2,1H3,(H,19,22)/t11-,15-/m0/s1. The molecule has 0 aliphatic carbocycles. The molecular formula is C16H21ClFN3O2. The number of benzene rings is 1. The van der Waals surface area contributed by atoms with Gasteiger partial charge < -0.3 is 19.9 Å². The van der Waals surface area contributed by atoms with Gasteiger partial charge in [-0.3, -0.25) is 4.79 Å². The summed E-state index contributed by atoms with van der Waals surface area (Å²) in [5.74, 6) is -0.474. The molecule has 0 radical (unpaired) electrons. The van der Waals surface area contributed by atoms with E-state index >= 15 is 0 Å². The normalized spacial score (nSPS) is 25.6. The predicted molar refractivity (Wildman–Crippen MR) is 87.4 cm³/mol. The van der Waals surface area contributed by atoms with Crippen molar-refractivity contribution in [2.24, 2.45) is 0 Å². The number of amides is 1. The number of halogens is 2. The quantitative estimate of drug-likeness (QED) is 0.905. The van der Waals surface area contributed by atoms with E-state index in [0.717, 1.165) is 25.2 Å². The lowest BCUT2D eigenvalue weighted by atomic mass is 10.2. The summed E-state index contributed by atoms with van der Waals surface area (Å²) in [5, 5.41) is 3.17. The maximum Gasteiger partial charge on any atom is 0.250 e. The molecule has 7 heteroatoms. The highest BCUT2D eigenvalue weighted by atomic mass is 35.5. The number of likely N-dealkylation sites (N-methyl/N-ethyl adjacent to an activating group) is 1. The first-order valence-electron chi connectivity index (χ1n) is 7.83. The van der Waals surface area contributed by atoms with Gasteiger partial charge in [0, 0.05) is 37.9 Å². The molecule has 2 heterocycles. The summed E-state index contributed by atoms with van der Waals surface area (Å²) >= 11 is 5.84. The van der Waals surface area contributed by atoms with Crippen molar-refractivity contribution in [2.45, 2.75) is 18.6 Å². The van der Waals surface area contributed by atoms with E-state index in [0.29, 0.717) is 19.7 Å². The Morgan fingerprint density at radius 3 is 2.96 bits per heavy atom. The molecule has 3 rings (SSSR count). The van der Waals surface area contributed by atoms with Crippen LogP contribution in [-0.4, -0.2) is 62.8 Å². The van der Waals surface area contributed by atoms with Crippen molar-refractivity contribution < 1.29 is 13.9 Å². The number of nitrogens with one attached hydrogen (secondary N) is 1. The lowest BCUT2D eigenvalue weighted by Crippen LogP contribution is -2.51. The molecule has 0 bridgehead atoms. The highest BCUT2D eigenvalue weighted by molar-refractivity contribution is 6.31. The van der Waals surface area contributed by atoms with Crippen LogP contribution in [0.1, 0.15) is 6.42 Å². The summed E-state index contributed by atoms with van der Waals surface area (Å²) in [4.78, 5) is 16.5. The number of hydrogen-bond donors (Lipinski definition) is 1. The van der Waals surface area contributed by atoms with Crippen LogP contribution in [0.15, 0.2) is 18.2 Å². The largest absolute Gasteiger partial charge is 0.369 e. The first-order valence-corrected chi connectivity index (χ1v) is 8.21. The Kier molecular flexibility index (Phi) is 5.04. The SMILES string of the molecule is CN1CCO[C@H](C(=O)N[C@H]2CCN(c3ccc(F)c(Cl)c3)C2)C1. The number of nitrogens with zero attached hydrogens (tertiary/aromatic N) is 2. The van der Waals surface area contributed by atoms with E-state index in [-0.39, 0.29) is 17.0 Å². The molecule has 2 fully saturated rings. The third-order valence-corrected chi connectivity index (χ3v) is 4.65. The lowest BCUT2D eigenvalue weighted by molar-refractivity contribution is -0.138. The van der Waals surface area contributed by atoms with E-state index in [1.54, 1.807) is 12.1 Å². The Labute approximate surface area is 140 Å². The lowest BCUT2D eigenvalue weighted by Gasteiger charge is -2.30. The summed E-state index contributed by atoms with van der Waals surface area (Å²) in [6.07, 6.45) is 0.451. The second-order valence-electron chi connectivity index (χ2n) is 6.16. The van der Waals surface area contributed by atoms with E-state index in [1.165, 1.54) is 6.07 Å². The van der Waals surface area contributed by atoms with Crippen molar-refractivity contribution in [1.82, 2.24) is 10.2 Å². The molecule has 23 heavy (non-hydrogen) atoms. The molecule has 0 unspecified atom stereocenters. The summed E-state index contributed by atoms with van der Waals surface area (Å²) < 4.78 is 18.8. The molecule has 1 aromatic carbocycles. The van der Waals surface area contributed by atoms with Gasteiger partial charge >= 0.3 is 0 Å². The number of carbonyl (C=O) groups excluding carboxylic acids is 1. The Morgan fingerprint density at radius 1 is 1.39 bits per heavy atom. The van der Waals surface area contributed by atoms with Crippen molar-refractivity contribution >= 4 is 23.2 Å². The van der Waals surface area contributed by atoms with E-state index in [2.05, 4.69) is 15.1 Å². The van der Waals surface area contributed by atoms with Crippen LogP contribution in [0.25, 0.3) is 0 Å². The first-order chi connectivity index (χ1) is 11.0. The van der Waals surface area contributed by atoms with Gasteiger partial charge in [0.05, 0.1) is 11.6 Å². The number of morpholine rings is 1. The van der Waals surface area contributed by atoms with Gasteiger partial charge in [-0.15, -0.1) is 0 Å². The van der Waals surface area contributed by atoms with Crippen LogP contribution in [0.5, 0.6) is 0 Å². The summed E-state index contributed by atoms with van der Waals surface area (Å²) in [5.41, 5.74) is 0.877. The highest BCUT2D eigenvalue weighted by Gasteiger charge is 2.29. The number of rotatable bonds is 3. The smallest absolute Gasteiger partial charge is 0.250 e. The van der Waals surface area contributed by atoms with Gasteiger partial charge in [-0.25, -0.2) is 4.39 Å². The maximum absolute atomic E-state index is 13.2. The minimum absolute atomic E-state index is 0.0551. The number of ether oxygens (including phenoxy) is 1. The molecule has 1 N–H and O–H groups in total. The Hall–Kier alpha value is -1.37. The van der Waals surface area contributed by atoms with E-state index in [1.807, 2.05) is 7.05 Å². The zero-order valence-electron chi connectivity index (χ0n) is 13.1. The fraction of sp³-hybridized carbons (Fsp3) is 0.562. The molecule has 5 nitrogen and oxygen atoms in total. The van der Waals surface area contributed by atoms with E-state index in [4.69, 9.17) is 16.3 Å². The molecule has 1 amide bonds. The van der Waals surface area contributed by atoms with Crippen molar-refractivity contribution in [3.8, 4) is 0 Å². The highest BCUT2D eigenvalue weighted by Crippen LogP contribution is 2.25. The van der Waals surface area contributed by atoms with Gasteiger partial charge in [-0.2, -0.15) is 0 Å². The van der Waals surface area contributed by atoms with Crippen LogP contribution in [0.3, 0.4) is 0 Å². The molecule has 126 valence electrons. The molecule has 2 saturated heterocycles. The van der Waals surface area contributed by atoms with E-state index < -0.39 is 11.9 Å². The Balaban J connectivity index is 1.55. The summed E-state index contributed by atoms with van der Waals surface area (Å²) in [6.45, 7) is 3.55. The van der Waals surface area contributed by atoms with Gasteiger partial charge in [0.2, 0.25) is 0 Å². The third kappa shape index (κ3) is 3.94. The molecule has 1 aromatic rings. The molecule has 0 aromatic heterocycles. The Bertz CT molecular complexity index is 586. The minimum Gasteiger partial charge on any atom is -0.369 e. The monoisotopic (exact) mass is 341 g/mol. The number of anilines is 1. The average Bonchev–Trinajstić information content (AvgIpc) is 2.98. The fourth-order valence-corrected chi connectivity index (χ4v) is 3.20. The molecule has 2 atom stereocenters. The van der Waals surface area contributed by atoms with Crippen molar-refractivity contribution in [3.05, 3.63) is 29.0 Å². The van der Waals surface area contributed by atoms with Gasteiger partial charge in [0.25, 0.3) is 5.91 Å². The summed E-state index contributed by atoms with van der Waals surface area (Å²) in [6, 6.07) is 4.78. The Morgan fingerprint density at radius 2 is 2.22 bits per heavy atom. The van der Waals surface area contributed by atoms with E-state index in [9.17, 15) is 9.18 Å². The number of carbonyl (C=O) groups is 1. The first kappa shape index (κ1) is 16.5. The van der Waals surface area contributed by atoms with Crippen LogP contribution < -0.4 is 10.2 Å².